The van der Waals surface area contributed by atoms with E-state index in [1.54, 1.807) is 6.07 Å². The fraction of sp³-hybridized carbons (Fsp3) is 0.294. The maximum absolute atomic E-state index is 13.5. The van der Waals surface area contributed by atoms with E-state index in [0.717, 1.165) is 24.3 Å². The highest BCUT2D eigenvalue weighted by molar-refractivity contribution is 5.57. The molecule has 2 aliphatic heterocycles. The molecule has 2 aliphatic rings. The molecular weight excluding hydrogens is 253 g/mol. The molecule has 0 aromatic heterocycles. The zero-order valence-corrected chi connectivity index (χ0v) is 11.1. The molecular formula is C17H16FNO. The van der Waals surface area contributed by atoms with E-state index in [-0.39, 0.29) is 18.0 Å². The predicted octanol–water partition coefficient (Wildman–Crippen LogP) is 4.07. The molecule has 2 aromatic carbocycles. The van der Waals surface area contributed by atoms with E-state index in [1.165, 1.54) is 11.6 Å². The molecule has 3 heteroatoms. The average molecular weight is 269 g/mol. The number of benzene rings is 2. The Kier molecular flexibility index (Phi) is 2.74. The van der Waals surface area contributed by atoms with Crippen molar-refractivity contribution in [3.63, 3.8) is 0 Å². The van der Waals surface area contributed by atoms with Crippen molar-refractivity contribution >= 4 is 5.69 Å². The van der Waals surface area contributed by atoms with Crippen LogP contribution in [-0.4, -0.2) is 6.61 Å². The highest BCUT2D eigenvalue weighted by Crippen LogP contribution is 2.49. The number of hydrogen-bond donors (Lipinski definition) is 1. The van der Waals surface area contributed by atoms with E-state index >= 15 is 0 Å². The Morgan fingerprint density at radius 2 is 1.95 bits per heavy atom. The maximum Gasteiger partial charge on any atom is 0.123 e. The van der Waals surface area contributed by atoms with Crippen molar-refractivity contribution in [2.75, 3.05) is 11.9 Å². The number of nitrogens with one attached hydrogen (secondary N) is 1. The van der Waals surface area contributed by atoms with Crippen molar-refractivity contribution in [1.29, 1.82) is 0 Å². The van der Waals surface area contributed by atoms with Gasteiger partial charge in [-0.2, -0.15) is 0 Å². The Morgan fingerprint density at radius 1 is 1.10 bits per heavy atom. The van der Waals surface area contributed by atoms with Crippen LogP contribution in [0.15, 0.2) is 48.5 Å². The molecule has 2 heterocycles. The van der Waals surface area contributed by atoms with E-state index in [4.69, 9.17) is 4.74 Å². The van der Waals surface area contributed by atoms with Gasteiger partial charge in [0.25, 0.3) is 0 Å². The molecule has 0 saturated carbocycles. The topological polar surface area (TPSA) is 21.3 Å². The molecule has 102 valence electrons. The number of anilines is 1. The molecule has 0 spiro atoms. The second-order valence-electron chi connectivity index (χ2n) is 5.51. The van der Waals surface area contributed by atoms with Crippen molar-refractivity contribution < 1.29 is 9.13 Å². The molecule has 3 atom stereocenters. The fourth-order valence-electron chi connectivity index (χ4n) is 3.43. The Bertz CT molecular complexity index is 628. The molecule has 20 heavy (non-hydrogen) atoms. The minimum absolute atomic E-state index is 0.00663. The third kappa shape index (κ3) is 1.81. The van der Waals surface area contributed by atoms with Crippen molar-refractivity contribution in [2.24, 2.45) is 5.92 Å². The van der Waals surface area contributed by atoms with Gasteiger partial charge in [-0.05, 0) is 30.2 Å². The lowest BCUT2D eigenvalue weighted by Crippen LogP contribution is -2.29. The van der Waals surface area contributed by atoms with Crippen LogP contribution in [0.3, 0.4) is 0 Å². The zero-order valence-electron chi connectivity index (χ0n) is 11.1. The number of fused-ring (bicyclic) bond motifs is 3. The van der Waals surface area contributed by atoms with Gasteiger partial charge in [-0.25, -0.2) is 4.39 Å². The highest BCUT2D eigenvalue weighted by atomic mass is 19.1. The minimum Gasteiger partial charge on any atom is -0.378 e. The monoisotopic (exact) mass is 269 g/mol. The summed E-state index contributed by atoms with van der Waals surface area (Å²) in [6.45, 7) is 0.746. The molecule has 2 aromatic rings. The van der Waals surface area contributed by atoms with Gasteiger partial charge in [0.05, 0.1) is 12.1 Å². The van der Waals surface area contributed by atoms with Crippen LogP contribution < -0.4 is 5.32 Å². The number of rotatable bonds is 1. The normalized spacial score (nSPS) is 27.6. The van der Waals surface area contributed by atoms with Crippen LogP contribution in [0.25, 0.3) is 0 Å². The number of halogens is 1. The van der Waals surface area contributed by atoms with Crippen LogP contribution in [0.4, 0.5) is 10.1 Å². The summed E-state index contributed by atoms with van der Waals surface area (Å²) in [6.07, 6.45) is 1.01. The lowest BCUT2D eigenvalue weighted by molar-refractivity contribution is 0.0826. The molecule has 4 rings (SSSR count). The van der Waals surface area contributed by atoms with E-state index in [9.17, 15) is 4.39 Å². The van der Waals surface area contributed by atoms with Gasteiger partial charge in [-0.15, -0.1) is 0 Å². The molecule has 0 radical (unpaired) electrons. The van der Waals surface area contributed by atoms with Crippen LogP contribution in [0.5, 0.6) is 0 Å². The molecule has 1 N–H and O–H groups in total. The van der Waals surface area contributed by atoms with Gasteiger partial charge in [0.2, 0.25) is 0 Å². The minimum atomic E-state index is -0.196. The van der Waals surface area contributed by atoms with E-state index in [0.29, 0.717) is 5.92 Å². The van der Waals surface area contributed by atoms with Crippen molar-refractivity contribution in [3.05, 3.63) is 65.5 Å². The van der Waals surface area contributed by atoms with Crippen LogP contribution >= 0.6 is 0 Å². The van der Waals surface area contributed by atoms with Gasteiger partial charge in [-0.3, -0.25) is 0 Å². The Morgan fingerprint density at radius 3 is 2.80 bits per heavy atom. The fourth-order valence-corrected chi connectivity index (χ4v) is 3.43. The van der Waals surface area contributed by atoms with Gasteiger partial charge in [-0.1, -0.05) is 30.3 Å². The molecule has 0 bridgehead atoms. The van der Waals surface area contributed by atoms with E-state index < -0.39 is 0 Å². The summed E-state index contributed by atoms with van der Waals surface area (Å²) in [4.78, 5) is 0. The first-order valence-electron chi connectivity index (χ1n) is 7.05. The summed E-state index contributed by atoms with van der Waals surface area (Å²) in [5.74, 6) is 0.171. The summed E-state index contributed by atoms with van der Waals surface area (Å²) in [5, 5.41) is 3.57. The van der Waals surface area contributed by atoms with Gasteiger partial charge < -0.3 is 10.1 Å². The van der Waals surface area contributed by atoms with Gasteiger partial charge >= 0.3 is 0 Å². The largest absolute Gasteiger partial charge is 0.378 e. The average Bonchev–Trinajstić information content (AvgIpc) is 2.97. The first kappa shape index (κ1) is 11.9. The molecule has 0 unspecified atom stereocenters. The molecule has 0 amide bonds. The predicted molar refractivity (Wildman–Crippen MR) is 76.0 cm³/mol. The van der Waals surface area contributed by atoms with Crippen LogP contribution in [-0.2, 0) is 4.74 Å². The lowest BCUT2D eigenvalue weighted by Gasteiger charge is -2.36. The second-order valence-corrected chi connectivity index (χ2v) is 5.51. The smallest absolute Gasteiger partial charge is 0.123 e. The van der Waals surface area contributed by atoms with Gasteiger partial charge in [0, 0.05) is 23.8 Å². The molecule has 1 saturated heterocycles. The van der Waals surface area contributed by atoms with Crippen molar-refractivity contribution in [2.45, 2.75) is 18.6 Å². The number of ether oxygens (including phenoxy) is 1. The maximum atomic E-state index is 13.5. The van der Waals surface area contributed by atoms with E-state index in [2.05, 4.69) is 29.6 Å². The third-order valence-corrected chi connectivity index (χ3v) is 4.36. The van der Waals surface area contributed by atoms with Crippen molar-refractivity contribution in [1.82, 2.24) is 0 Å². The zero-order chi connectivity index (χ0) is 13.5. The first-order chi connectivity index (χ1) is 9.83. The molecule has 1 fully saturated rings. The van der Waals surface area contributed by atoms with Gasteiger partial charge in [0.1, 0.15) is 5.82 Å². The van der Waals surface area contributed by atoms with Crippen LogP contribution in [0, 0.1) is 11.7 Å². The quantitative estimate of drug-likeness (QED) is 0.842. The molecule has 2 nitrogen and oxygen atoms in total. The summed E-state index contributed by atoms with van der Waals surface area (Å²) in [6, 6.07) is 15.6. The Labute approximate surface area is 117 Å². The second kappa shape index (κ2) is 4.60. The summed E-state index contributed by atoms with van der Waals surface area (Å²) >= 11 is 0. The van der Waals surface area contributed by atoms with E-state index in [1.807, 2.05) is 12.1 Å². The van der Waals surface area contributed by atoms with Crippen LogP contribution in [0.1, 0.15) is 29.7 Å². The third-order valence-electron chi connectivity index (χ3n) is 4.36. The standard InChI is InChI=1S/C17H16FNO/c18-12-6-7-15-14(10-12)17-13(8-9-20-17)16(19-15)11-4-2-1-3-5-11/h1-7,10,13,16-17,19H,8-9H2/t13-,16+,17+/m0/s1. The first-order valence-corrected chi connectivity index (χ1v) is 7.05. The number of hydrogen-bond acceptors (Lipinski definition) is 2. The summed E-state index contributed by atoms with van der Waals surface area (Å²) < 4.78 is 19.4. The Balaban J connectivity index is 1.79. The Hall–Kier alpha value is -1.87. The summed E-state index contributed by atoms with van der Waals surface area (Å²) in [5.41, 5.74) is 3.21. The molecule has 0 aliphatic carbocycles. The van der Waals surface area contributed by atoms with Gasteiger partial charge in [0.15, 0.2) is 0 Å². The highest BCUT2D eigenvalue weighted by Gasteiger charge is 2.41. The van der Waals surface area contributed by atoms with Crippen LogP contribution in [0.2, 0.25) is 0 Å². The summed E-state index contributed by atoms with van der Waals surface area (Å²) in [7, 11) is 0. The SMILES string of the molecule is Fc1ccc2c(c1)[C@@H]1OCC[C@H]1[C@@H](c1ccccc1)N2. The van der Waals surface area contributed by atoms with Crippen molar-refractivity contribution in [3.8, 4) is 0 Å². The lowest BCUT2D eigenvalue weighted by atomic mass is 9.81.